The van der Waals surface area contributed by atoms with E-state index in [0.717, 1.165) is 36.1 Å². The van der Waals surface area contributed by atoms with Crippen LogP contribution < -0.4 is 5.32 Å². The van der Waals surface area contributed by atoms with Gasteiger partial charge in [-0.15, -0.1) is 11.3 Å². The Labute approximate surface area is 177 Å². The topological polar surface area (TPSA) is 96.9 Å². The van der Waals surface area contributed by atoms with Gasteiger partial charge in [-0.25, -0.2) is 0 Å². The molecule has 0 radical (unpaired) electrons. The lowest BCUT2D eigenvalue weighted by Crippen LogP contribution is -2.13. The third-order valence-corrected chi connectivity index (χ3v) is 6.50. The monoisotopic (exact) mass is 505 g/mol. The molecule has 0 unspecified atom stereocenters. The molecule has 1 amide bonds. The fourth-order valence-corrected chi connectivity index (χ4v) is 5.44. The lowest BCUT2D eigenvalue weighted by atomic mass is 9.96. The van der Waals surface area contributed by atoms with Crippen LogP contribution in [0.3, 0.4) is 0 Å². The quantitative estimate of drug-likeness (QED) is 0.437. The van der Waals surface area contributed by atoms with E-state index in [1.54, 1.807) is 12.1 Å². The molecule has 3 rings (SSSR count). The number of aryl methyl sites for hydroxylation is 1. The SMILES string of the molecule is N#C/C(=C\c1cc(Br)cc(Br)c1O)C(=O)Nc1sc2c(c1C#N)CCCC2. The molecule has 0 spiro atoms. The van der Waals surface area contributed by atoms with Gasteiger partial charge in [0.05, 0.1) is 10.0 Å². The van der Waals surface area contributed by atoms with Crippen molar-refractivity contribution in [1.82, 2.24) is 0 Å². The van der Waals surface area contributed by atoms with Gasteiger partial charge >= 0.3 is 0 Å². The summed E-state index contributed by atoms with van der Waals surface area (Å²) >= 11 is 7.94. The summed E-state index contributed by atoms with van der Waals surface area (Å²) in [5.41, 5.74) is 1.67. The van der Waals surface area contributed by atoms with Crippen LogP contribution in [-0.4, -0.2) is 11.0 Å². The first-order valence-corrected chi connectivity index (χ1v) is 10.5. The van der Waals surface area contributed by atoms with E-state index in [9.17, 15) is 20.4 Å². The molecule has 1 aromatic heterocycles. The van der Waals surface area contributed by atoms with Crippen molar-refractivity contribution in [3.8, 4) is 17.9 Å². The van der Waals surface area contributed by atoms with E-state index in [-0.39, 0.29) is 11.3 Å². The van der Waals surface area contributed by atoms with Crippen molar-refractivity contribution >= 4 is 60.2 Å². The molecular weight excluding hydrogens is 494 g/mol. The van der Waals surface area contributed by atoms with Gasteiger partial charge in [0.1, 0.15) is 28.5 Å². The Hall–Kier alpha value is -2.13. The number of rotatable bonds is 3. The molecule has 27 heavy (non-hydrogen) atoms. The number of phenolic OH excluding ortho intramolecular Hbond substituents is 1. The van der Waals surface area contributed by atoms with Gasteiger partial charge in [0, 0.05) is 14.9 Å². The third kappa shape index (κ3) is 4.08. The molecule has 1 aromatic carbocycles. The first kappa shape index (κ1) is 19.6. The Balaban J connectivity index is 1.93. The molecule has 1 aliphatic rings. The molecular formula is C19H13Br2N3O2S. The highest BCUT2D eigenvalue weighted by Gasteiger charge is 2.23. The number of anilines is 1. The number of fused-ring (bicyclic) bond motifs is 1. The van der Waals surface area contributed by atoms with Crippen molar-refractivity contribution in [3.05, 3.63) is 48.2 Å². The standard InChI is InChI=1S/C19H13Br2N3O2S/c20-12-6-10(17(25)15(21)7-12)5-11(8-22)18(26)24-19-14(9-23)13-3-1-2-4-16(13)27-19/h5-7,25H,1-4H2,(H,24,26)/b11-5+. The maximum absolute atomic E-state index is 12.6. The van der Waals surface area contributed by atoms with Gasteiger partial charge in [0.2, 0.25) is 0 Å². The molecule has 0 saturated carbocycles. The third-order valence-electron chi connectivity index (χ3n) is 4.23. The average Bonchev–Trinajstić information content (AvgIpc) is 3.00. The van der Waals surface area contributed by atoms with E-state index < -0.39 is 5.91 Å². The number of nitrogens with one attached hydrogen (secondary N) is 1. The molecule has 136 valence electrons. The highest BCUT2D eigenvalue weighted by Crippen LogP contribution is 2.38. The van der Waals surface area contributed by atoms with Crippen molar-refractivity contribution in [2.45, 2.75) is 25.7 Å². The van der Waals surface area contributed by atoms with E-state index in [1.807, 2.05) is 6.07 Å². The van der Waals surface area contributed by atoms with Gasteiger partial charge in [0.25, 0.3) is 5.91 Å². The number of nitrogens with zero attached hydrogens (tertiary/aromatic N) is 2. The lowest BCUT2D eigenvalue weighted by Gasteiger charge is -2.09. The number of hydrogen-bond acceptors (Lipinski definition) is 5. The second kappa shape index (κ2) is 8.26. The first-order valence-electron chi connectivity index (χ1n) is 8.10. The van der Waals surface area contributed by atoms with Crippen LogP contribution in [0.5, 0.6) is 5.75 Å². The van der Waals surface area contributed by atoms with Gasteiger partial charge < -0.3 is 10.4 Å². The maximum Gasteiger partial charge on any atom is 0.266 e. The Morgan fingerprint density at radius 3 is 2.70 bits per heavy atom. The molecule has 2 N–H and O–H groups in total. The zero-order valence-corrected chi connectivity index (χ0v) is 18.0. The van der Waals surface area contributed by atoms with Crippen LogP contribution in [-0.2, 0) is 17.6 Å². The molecule has 0 atom stereocenters. The fraction of sp³-hybridized carbons (Fsp3) is 0.211. The second-order valence-electron chi connectivity index (χ2n) is 5.98. The molecule has 5 nitrogen and oxygen atoms in total. The van der Waals surface area contributed by atoms with Gasteiger partial charge in [-0.2, -0.15) is 10.5 Å². The summed E-state index contributed by atoms with van der Waals surface area (Å²) < 4.78 is 1.13. The molecule has 0 saturated heterocycles. The van der Waals surface area contributed by atoms with E-state index in [2.05, 4.69) is 43.2 Å². The summed E-state index contributed by atoms with van der Waals surface area (Å²) in [7, 11) is 0. The van der Waals surface area contributed by atoms with E-state index >= 15 is 0 Å². The number of nitriles is 2. The van der Waals surface area contributed by atoms with Crippen LogP contribution in [0.2, 0.25) is 0 Å². The van der Waals surface area contributed by atoms with Crippen molar-refractivity contribution < 1.29 is 9.90 Å². The predicted octanol–water partition coefficient (Wildman–Crippen LogP) is 5.27. The summed E-state index contributed by atoms with van der Waals surface area (Å²) in [5.74, 6) is -0.675. The summed E-state index contributed by atoms with van der Waals surface area (Å²) in [4.78, 5) is 13.7. The van der Waals surface area contributed by atoms with Crippen LogP contribution in [0.4, 0.5) is 5.00 Å². The van der Waals surface area contributed by atoms with Crippen LogP contribution in [0.1, 0.15) is 34.4 Å². The number of carbonyl (C=O) groups is 1. The number of thiophene rings is 1. The normalized spacial score (nSPS) is 13.4. The van der Waals surface area contributed by atoms with E-state index in [0.29, 0.717) is 25.1 Å². The predicted molar refractivity (Wildman–Crippen MR) is 111 cm³/mol. The van der Waals surface area contributed by atoms with Gasteiger partial charge in [0.15, 0.2) is 0 Å². The molecule has 8 heteroatoms. The zero-order chi connectivity index (χ0) is 19.6. The van der Waals surface area contributed by atoms with Crippen LogP contribution in [0, 0.1) is 22.7 Å². The van der Waals surface area contributed by atoms with Crippen LogP contribution in [0.15, 0.2) is 26.7 Å². The number of phenols is 1. The highest BCUT2D eigenvalue weighted by molar-refractivity contribution is 9.11. The molecule has 0 fully saturated rings. The Morgan fingerprint density at radius 1 is 1.26 bits per heavy atom. The fourth-order valence-electron chi connectivity index (χ4n) is 2.94. The molecule has 2 aromatic rings. The zero-order valence-electron chi connectivity index (χ0n) is 14.0. The molecule has 0 bridgehead atoms. The highest BCUT2D eigenvalue weighted by atomic mass is 79.9. The number of benzene rings is 1. The summed E-state index contributed by atoms with van der Waals surface area (Å²) in [6, 6.07) is 7.31. The van der Waals surface area contributed by atoms with Crippen LogP contribution in [0.25, 0.3) is 6.08 Å². The molecule has 0 aliphatic heterocycles. The number of hydrogen-bond donors (Lipinski definition) is 2. The largest absolute Gasteiger partial charge is 0.506 e. The molecule has 1 aliphatic carbocycles. The summed E-state index contributed by atoms with van der Waals surface area (Å²) in [6.45, 7) is 0. The minimum absolute atomic E-state index is 0.0666. The van der Waals surface area contributed by atoms with Crippen molar-refractivity contribution in [2.24, 2.45) is 0 Å². The van der Waals surface area contributed by atoms with E-state index in [1.165, 1.54) is 17.4 Å². The van der Waals surface area contributed by atoms with Crippen molar-refractivity contribution in [1.29, 1.82) is 10.5 Å². The molecule has 1 heterocycles. The second-order valence-corrected chi connectivity index (χ2v) is 8.85. The Kier molecular flexibility index (Phi) is 6.01. The van der Waals surface area contributed by atoms with Gasteiger partial charge in [-0.05, 0) is 65.4 Å². The number of halogens is 2. The average molecular weight is 507 g/mol. The van der Waals surface area contributed by atoms with Crippen molar-refractivity contribution in [2.75, 3.05) is 5.32 Å². The van der Waals surface area contributed by atoms with Crippen LogP contribution >= 0.6 is 43.2 Å². The van der Waals surface area contributed by atoms with Gasteiger partial charge in [-0.3, -0.25) is 4.79 Å². The maximum atomic E-state index is 12.6. The minimum atomic E-state index is -0.608. The van der Waals surface area contributed by atoms with Crippen molar-refractivity contribution in [3.63, 3.8) is 0 Å². The smallest absolute Gasteiger partial charge is 0.266 e. The first-order chi connectivity index (χ1) is 12.9. The lowest BCUT2D eigenvalue weighted by molar-refractivity contribution is -0.112. The number of carbonyl (C=O) groups excluding carboxylic acids is 1. The van der Waals surface area contributed by atoms with E-state index in [4.69, 9.17) is 0 Å². The number of aromatic hydroxyl groups is 1. The minimum Gasteiger partial charge on any atom is -0.506 e. The number of amides is 1. The van der Waals surface area contributed by atoms with Gasteiger partial charge in [-0.1, -0.05) is 15.9 Å². The summed E-state index contributed by atoms with van der Waals surface area (Å²) in [6.07, 6.45) is 5.18. The Bertz CT molecular complexity index is 1040. The summed E-state index contributed by atoms with van der Waals surface area (Å²) in [5, 5.41) is 32.2. The Morgan fingerprint density at radius 2 is 2.00 bits per heavy atom.